The summed E-state index contributed by atoms with van der Waals surface area (Å²) in [5, 5.41) is 3.51. The highest BCUT2D eigenvalue weighted by Crippen LogP contribution is 2.14. The lowest BCUT2D eigenvalue weighted by Gasteiger charge is -2.14. The molecule has 0 saturated heterocycles. The van der Waals surface area contributed by atoms with E-state index in [0.29, 0.717) is 6.04 Å². The molecule has 1 rings (SSSR count). The van der Waals surface area contributed by atoms with Crippen LogP contribution in [0, 0.1) is 15.9 Å². The normalized spacial score (nSPS) is 12.1. The average molecular weight is 327 g/mol. The Morgan fingerprint density at radius 3 is 2.62 bits per heavy atom. The van der Waals surface area contributed by atoms with Crippen LogP contribution in [0.15, 0.2) is 24.3 Å². The molecule has 1 nitrogen and oxygen atoms in total. The molecule has 0 spiro atoms. The van der Waals surface area contributed by atoms with Crippen LogP contribution in [0.5, 0.6) is 0 Å². The van der Waals surface area contributed by atoms with Gasteiger partial charge in [0.15, 0.2) is 0 Å². The number of halogens is 1. The summed E-state index contributed by atoms with van der Waals surface area (Å²) in [4.78, 5) is 0. The van der Waals surface area contributed by atoms with Gasteiger partial charge in [-0.2, -0.15) is 0 Å². The van der Waals surface area contributed by atoms with Crippen LogP contribution < -0.4 is 5.32 Å². The summed E-state index contributed by atoms with van der Waals surface area (Å²) in [6, 6.07) is 9.07. The van der Waals surface area contributed by atoms with Crippen LogP contribution in [-0.4, -0.2) is 6.54 Å². The van der Waals surface area contributed by atoms with E-state index in [4.69, 9.17) is 6.42 Å². The zero-order chi connectivity index (χ0) is 11.8. The summed E-state index contributed by atoms with van der Waals surface area (Å²) in [6.07, 6.45) is 8.36. The minimum Gasteiger partial charge on any atom is -0.310 e. The van der Waals surface area contributed by atoms with Crippen LogP contribution in [0.2, 0.25) is 0 Å². The number of nitrogens with one attached hydrogen (secondary N) is 1. The van der Waals surface area contributed by atoms with Gasteiger partial charge in [-0.25, -0.2) is 0 Å². The average Bonchev–Trinajstić information content (AvgIpc) is 2.29. The highest BCUT2D eigenvalue weighted by Gasteiger charge is 2.03. The van der Waals surface area contributed by atoms with Crippen LogP contribution in [0.4, 0.5) is 0 Å². The monoisotopic (exact) mass is 327 g/mol. The van der Waals surface area contributed by atoms with Crippen molar-refractivity contribution in [1.82, 2.24) is 5.32 Å². The Bertz CT molecular complexity index is 337. The molecule has 0 saturated carbocycles. The lowest BCUT2D eigenvalue weighted by Crippen LogP contribution is -2.19. The summed E-state index contributed by atoms with van der Waals surface area (Å²) in [7, 11) is 0. The lowest BCUT2D eigenvalue weighted by atomic mass is 10.1. The van der Waals surface area contributed by atoms with Crippen molar-refractivity contribution in [2.75, 3.05) is 6.54 Å². The standard InChI is InChI=1S/C14H18IN/c1-3-4-5-6-11-16-12(2)13-7-9-14(15)10-8-13/h1,7-10,12,16H,4-6,11H2,2H3. The molecule has 0 aliphatic carbocycles. The van der Waals surface area contributed by atoms with Gasteiger partial charge in [0.25, 0.3) is 0 Å². The van der Waals surface area contributed by atoms with Gasteiger partial charge in [-0.05, 0) is 66.6 Å². The van der Waals surface area contributed by atoms with E-state index in [0.717, 1.165) is 25.8 Å². The van der Waals surface area contributed by atoms with Crippen molar-refractivity contribution in [1.29, 1.82) is 0 Å². The summed E-state index contributed by atoms with van der Waals surface area (Å²) >= 11 is 2.32. The van der Waals surface area contributed by atoms with Crippen LogP contribution in [0.25, 0.3) is 0 Å². The molecule has 0 aliphatic heterocycles. The number of terminal acetylenes is 1. The number of rotatable bonds is 6. The van der Waals surface area contributed by atoms with Crippen LogP contribution >= 0.6 is 22.6 Å². The fourth-order valence-electron chi connectivity index (χ4n) is 1.54. The summed E-state index contributed by atoms with van der Waals surface area (Å²) in [5.74, 6) is 2.67. The van der Waals surface area contributed by atoms with Gasteiger partial charge in [-0.15, -0.1) is 12.3 Å². The van der Waals surface area contributed by atoms with Crippen molar-refractivity contribution in [2.45, 2.75) is 32.2 Å². The van der Waals surface area contributed by atoms with Crippen molar-refractivity contribution >= 4 is 22.6 Å². The fourth-order valence-corrected chi connectivity index (χ4v) is 1.90. The third-order valence-electron chi connectivity index (χ3n) is 2.57. The smallest absolute Gasteiger partial charge is 0.0291 e. The van der Waals surface area contributed by atoms with Crippen molar-refractivity contribution < 1.29 is 0 Å². The summed E-state index contributed by atoms with van der Waals surface area (Å²) in [6.45, 7) is 3.23. The predicted octanol–water partition coefficient (Wildman–Crippen LogP) is 3.75. The molecule has 1 atom stereocenters. The molecule has 86 valence electrons. The maximum Gasteiger partial charge on any atom is 0.0291 e. The topological polar surface area (TPSA) is 12.0 Å². The quantitative estimate of drug-likeness (QED) is 0.477. The first-order valence-corrected chi connectivity index (χ1v) is 6.74. The Balaban J connectivity index is 2.27. The van der Waals surface area contributed by atoms with E-state index in [9.17, 15) is 0 Å². The second-order valence-electron chi connectivity index (χ2n) is 3.89. The van der Waals surface area contributed by atoms with Crippen molar-refractivity contribution in [3.63, 3.8) is 0 Å². The third-order valence-corrected chi connectivity index (χ3v) is 3.29. The van der Waals surface area contributed by atoms with Crippen molar-refractivity contribution in [3.05, 3.63) is 33.4 Å². The van der Waals surface area contributed by atoms with E-state index >= 15 is 0 Å². The molecule has 1 aromatic carbocycles. The second kappa shape index (κ2) is 7.70. The third kappa shape index (κ3) is 5.00. The Kier molecular flexibility index (Phi) is 6.51. The van der Waals surface area contributed by atoms with Gasteiger partial charge in [-0.3, -0.25) is 0 Å². The molecule has 1 aromatic rings. The van der Waals surface area contributed by atoms with Gasteiger partial charge in [0.1, 0.15) is 0 Å². The minimum atomic E-state index is 0.419. The van der Waals surface area contributed by atoms with Gasteiger partial charge in [0, 0.05) is 16.0 Å². The molecular formula is C14H18IN. The highest BCUT2D eigenvalue weighted by atomic mass is 127. The van der Waals surface area contributed by atoms with Gasteiger partial charge in [0.2, 0.25) is 0 Å². The Labute approximate surface area is 112 Å². The van der Waals surface area contributed by atoms with E-state index in [-0.39, 0.29) is 0 Å². The van der Waals surface area contributed by atoms with Gasteiger partial charge in [0.05, 0.1) is 0 Å². The van der Waals surface area contributed by atoms with Gasteiger partial charge >= 0.3 is 0 Å². The molecule has 0 aliphatic rings. The SMILES string of the molecule is C#CCCCCNC(C)c1ccc(I)cc1. The molecule has 2 heteroatoms. The summed E-state index contributed by atoms with van der Waals surface area (Å²) < 4.78 is 1.28. The first-order chi connectivity index (χ1) is 7.74. The minimum absolute atomic E-state index is 0.419. The van der Waals surface area contributed by atoms with Crippen molar-refractivity contribution in [2.24, 2.45) is 0 Å². The Hall–Kier alpha value is -0.530. The van der Waals surface area contributed by atoms with E-state index in [1.54, 1.807) is 0 Å². The molecule has 1 N–H and O–H groups in total. The molecule has 0 amide bonds. The molecular weight excluding hydrogens is 309 g/mol. The molecule has 0 radical (unpaired) electrons. The number of benzene rings is 1. The molecule has 1 unspecified atom stereocenters. The van der Waals surface area contributed by atoms with Crippen LogP contribution in [0.1, 0.15) is 37.8 Å². The van der Waals surface area contributed by atoms with E-state index in [1.807, 2.05) is 0 Å². The molecule has 0 aromatic heterocycles. The molecule has 0 fully saturated rings. The first-order valence-electron chi connectivity index (χ1n) is 5.66. The van der Waals surface area contributed by atoms with Crippen LogP contribution in [0.3, 0.4) is 0 Å². The largest absolute Gasteiger partial charge is 0.310 e. The van der Waals surface area contributed by atoms with Crippen molar-refractivity contribution in [3.8, 4) is 12.3 Å². The maximum atomic E-state index is 5.20. The zero-order valence-electron chi connectivity index (χ0n) is 9.67. The maximum absolute atomic E-state index is 5.20. The van der Waals surface area contributed by atoms with Gasteiger partial charge < -0.3 is 5.32 Å². The molecule has 16 heavy (non-hydrogen) atoms. The predicted molar refractivity (Wildman–Crippen MR) is 78.3 cm³/mol. The number of hydrogen-bond donors (Lipinski definition) is 1. The van der Waals surface area contributed by atoms with Crippen LogP contribution in [-0.2, 0) is 0 Å². The summed E-state index contributed by atoms with van der Waals surface area (Å²) in [5.41, 5.74) is 1.34. The zero-order valence-corrected chi connectivity index (χ0v) is 11.8. The number of hydrogen-bond acceptors (Lipinski definition) is 1. The lowest BCUT2D eigenvalue weighted by molar-refractivity contribution is 0.549. The van der Waals surface area contributed by atoms with E-state index < -0.39 is 0 Å². The van der Waals surface area contributed by atoms with E-state index in [1.165, 1.54) is 9.13 Å². The molecule has 0 heterocycles. The molecule has 0 bridgehead atoms. The van der Waals surface area contributed by atoms with Gasteiger partial charge in [-0.1, -0.05) is 12.1 Å². The Morgan fingerprint density at radius 1 is 1.31 bits per heavy atom. The highest BCUT2D eigenvalue weighted by molar-refractivity contribution is 14.1. The first kappa shape index (κ1) is 13.5. The Morgan fingerprint density at radius 2 is 2.00 bits per heavy atom. The fraction of sp³-hybridized carbons (Fsp3) is 0.429. The number of unbranched alkanes of at least 4 members (excludes halogenated alkanes) is 2. The van der Waals surface area contributed by atoms with E-state index in [2.05, 4.69) is 65.0 Å². The second-order valence-corrected chi connectivity index (χ2v) is 5.13.